The molecule has 0 spiro atoms. The van der Waals surface area contributed by atoms with E-state index in [1.54, 1.807) is 38.1 Å². The predicted octanol–water partition coefficient (Wildman–Crippen LogP) is 3.19. The molecule has 0 fully saturated rings. The number of carbonyl (C=O) groups excluding carboxylic acids is 1. The van der Waals surface area contributed by atoms with Crippen molar-refractivity contribution in [2.45, 2.75) is 26.3 Å². The third-order valence-electron chi connectivity index (χ3n) is 3.94. The van der Waals surface area contributed by atoms with Crippen molar-refractivity contribution in [3.8, 4) is 11.5 Å². The summed E-state index contributed by atoms with van der Waals surface area (Å²) in [5.74, 6) is 0.202. The van der Waals surface area contributed by atoms with Crippen LogP contribution in [-0.4, -0.2) is 15.7 Å². The van der Waals surface area contributed by atoms with Crippen LogP contribution in [0.2, 0.25) is 0 Å². The van der Waals surface area contributed by atoms with Gasteiger partial charge in [0.2, 0.25) is 0 Å². The lowest BCUT2D eigenvalue weighted by Gasteiger charge is -2.25. The summed E-state index contributed by atoms with van der Waals surface area (Å²) >= 11 is 0. The minimum absolute atomic E-state index is 0.329. The second kappa shape index (κ2) is 6.39. The van der Waals surface area contributed by atoms with Gasteiger partial charge in [-0.2, -0.15) is 5.10 Å². The number of hydrogen-bond donors (Lipinski definition) is 1. The average molecular weight is 337 g/mol. The summed E-state index contributed by atoms with van der Waals surface area (Å²) in [7, 11) is 0. The summed E-state index contributed by atoms with van der Waals surface area (Å²) in [5.41, 5.74) is 0.656. The topological polar surface area (TPSA) is 77.1 Å². The largest absolute Gasteiger partial charge is 0.463 e. The van der Waals surface area contributed by atoms with Gasteiger partial charge in [-0.25, -0.2) is 4.68 Å². The van der Waals surface area contributed by atoms with Gasteiger partial charge < -0.3 is 9.73 Å². The highest BCUT2D eigenvalue weighted by molar-refractivity contribution is 5.96. The quantitative estimate of drug-likeness (QED) is 0.793. The smallest absolute Gasteiger partial charge is 0.267 e. The number of benzene rings is 1. The van der Waals surface area contributed by atoms with E-state index < -0.39 is 5.54 Å². The number of carbonyl (C=O) groups is 1. The van der Waals surface area contributed by atoms with Crippen molar-refractivity contribution < 1.29 is 9.21 Å². The number of hydrogen-bond acceptors (Lipinski definition) is 4. The van der Waals surface area contributed by atoms with Gasteiger partial charge in [0.15, 0.2) is 5.76 Å². The Morgan fingerprint density at radius 2 is 1.96 bits per heavy atom. The van der Waals surface area contributed by atoms with E-state index in [0.717, 1.165) is 5.56 Å². The molecular formula is C19H19N3O3. The Bertz CT molecular complexity index is 956. The van der Waals surface area contributed by atoms with Gasteiger partial charge in [-0.1, -0.05) is 12.1 Å². The standard InChI is InChI=1S/C19H19N3O3/c1-13-6-4-7-14(12-13)20-18(24)19(2,3)22-17(23)10-9-15(21-22)16-8-5-11-25-16/h4-12H,1-3H3,(H,20,24). The first kappa shape index (κ1) is 16.7. The number of nitrogens with zero attached hydrogens (tertiary/aromatic N) is 2. The minimum Gasteiger partial charge on any atom is -0.463 e. The van der Waals surface area contributed by atoms with Gasteiger partial charge in [0.25, 0.3) is 11.5 Å². The van der Waals surface area contributed by atoms with Crippen molar-refractivity contribution in [1.82, 2.24) is 9.78 Å². The van der Waals surface area contributed by atoms with E-state index >= 15 is 0 Å². The number of amides is 1. The molecule has 2 heterocycles. The number of nitrogens with one attached hydrogen (secondary N) is 1. The van der Waals surface area contributed by atoms with Crippen LogP contribution in [0.5, 0.6) is 0 Å². The molecule has 3 rings (SSSR count). The predicted molar refractivity (Wildman–Crippen MR) is 95.3 cm³/mol. The fourth-order valence-corrected chi connectivity index (χ4v) is 2.47. The molecule has 0 radical (unpaired) electrons. The molecule has 1 aromatic carbocycles. The first-order chi connectivity index (χ1) is 11.9. The highest BCUT2D eigenvalue weighted by atomic mass is 16.3. The van der Waals surface area contributed by atoms with Crippen molar-refractivity contribution in [2.75, 3.05) is 5.32 Å². The van der Waals surface area contributed by atoms with Gasteiger partial charge in [-0.05, 0) is 56.7 Å². The summed E-state index contributed by atoms with van der Waals surface area (Å²) < 4.78 is 6.49. The average Bonchev–Trinajstić information content (AvgIpc) is 3.09. The molecule has 128 valence electrons. The van der Waals surface area contributed by atoms with Crippen LogP contribution in [-0.2, 0) is 10.3 Å². The maximum absolute atomic E-state index is 12.8. The zero-order chi connectivity index (χ0) is 18.0. The molecule has 3 aromatic rings. The highest BCUT2D eigenvalue weighted by Crippen LogP contribution is 2.20. The molecule has 0 atom stereocenters. The fraction of sp³-hybridized carbons (Fsp3) is 0.211. The Labute approximate surface area is 145 Å². The molecule has 0 saturated carbocycles. The molecule has 0 aliphatic carbocycles. The molecule has 0 bridgehead atoms. The normalized spacial score (nSPS) is 11.3. The Kier molecular flexibility index (Phi) is 4.27. The Morgan fingerprint density at radius 3 is 2.64 bits per heavy atom. The first-order valence-electron chi connectivity index (χ1n) is 7.91. The van der Waals surface area contributed by atoms with E-state index in [-0.39, 0.29) is 11.5 Å². The molecular weight excluding hydrogens is 318 g/mol. The maximum Gasteiger partial charge on any atom is 0.267 e. The molecule has 0 aliphatic heterocycles. The van der Waals surface area contributed by atoms with Gasteiger partial charge in [0.1, 0.15) is 11.2 Å². The Morgan fingerprint density at radius 1 is 1.16 bits per heavy atom. The highest BCUT2D eigenvalue weighted by Gasteiger charge is 2.32. The van der Waals surface area contributed by atoms with Crippen molar-refractivity contribution >= 4 is 11.6 Å². The van der Waals surface area contributed by atoms with Crippen molar-refractivity contribution in [3.05, 3.63) is 70.7 Å². The second-order valence-electron chi connectivity index (χ2n) is 6.33. The molecule has 0 unspecified atom stereocenters. The van der Waals surface area contributed by atoms with E-state index in [4.69, 9.17) is 4.42 Å². The summed E-state index contributed by atoms with van der Waals surface area (Å²) in [6.45, 7) is 5.25. The van der Waals surface area contributed by atoms with Crippen LogP contribution >= 0.6 is 0 Å². The van der Waals surface area contributed by atoms with Crippen LogP contribution in [0.15, 0.2) is 64.0 Å². The minimum atomic E-state index is -1.18. The molecule has 0 saturated heterocycles. The molecule has 2 aromatic heterocycles. The third kappa shape index (κ3) is 3.38. The van der Waals surface area contributed by atoms with Crippen LogP contribution in [0, 0.1) is 6.92 Å². The number of aryl methyl sites for hydroxylation is 1. The molecule has 1 N–H and O–H groups in total. The van der Waals surface area contributed by atoms with E-state index in [9.17, 15) is 9.59 Å². The van der Waals surface area contributed by atoms with Gasteiger partial charge in [-0.15, -0.1) is 0 Å². The van der Waals surface area contributed by atoms with E-state index in [2.05, 4.69) is 10.4 Å². The van der Waals surface area contributed by atoms with Crippen LogP contribution in [0.25, 0.3) is 11.5 Å². The van der Waals surface area contributed by atoms with E-state index in [1.807, 2.05) is 25.1 Å². The number of rotatable bonds is 4. The summed E-state index contributed by atoms with van der Waals surface area (Å²) in [5, 5.41) is 7.16. The van der Waals surface area contributed by atoms with Gasteiger partial charge >= 0.3 is 0 Å². The van der Waals surface area contributed by atoms with Gasteiger partial charge in [-0.3, -0.25) is 9.59 Å². The Hall–Kier alpha value is -3.15. The van der Waals surface area contributed by atoms with Crippen LogP contribution < -0.4 is 10.9 Å². The molecule has 6 heteroatoms. The lowest BCUT2D eigenvalue weighted by atomic mass is 10.0. The third-order valence-corrected chi connectivity index (χ3v) is 3.94. The molecule has 0 aliphatic rings. The summed E-state index contributed by atoms with van der Waals surface area (Å²) in [6, 6.07) is 13.9. The van der Waals surface area contributed by atoms with Crippen LogP contribution in [0.4, 0.5) is 5.69 Å². The second-order valence-corrected chi connectivity index (χ2v) is 6.33. The number of anilines is 1. The molecule has 25 heavy (non-hydrogen) atoms. The number of furan rings is 1. The zero-order valence-electron chi connectivity index (χ0n) is 14.3. The lowest BCUT2D eigenvalue weighted by Crippen LogP contribution is -2.47. The van der Waals surface area contributed by atoms with Crippen molar-refractivity contribution in [2.24, 2.45) is 0 Å². The number of aromatic nitrogens is 2. The van der Waals surface area contributed by atoms with Crippen LogP contribution in [0.3, 0.4) is 0 Å². The lowest BCUT2D eigenvalue weighted by molar-refractivity contribution is -0.123. The van der Waals surface area contributed by atoms with Crippen LogP contribution in [0.1, 0.15) is 19.4 Å². The van der Waals surface area contributed by atoms with Gasteiger partial charge in [0.05, 0.1) is 6.26 Å². The van der Waals surface area contributed by atoms with E-state index in [0.29, 0.717) is 17.1 Å². The Balaban J connectivity index is 1.94. The molecule has 1 amide bonds. The van der Waals surface area contributed by atoms with Crippen molar-refractivity contribution in [1.29, 1.82) is 0 Å². The summed E-state index contributed by atoms with van der Waals surface area (Å²) in [4.78, 5) is 25.1. The SMILES string of the molecule is Cc1cccc(NC(=O)C(C)(C)n2nc(-c3ccco3)ccc2=O)c1. The zero-order valence-corrected chi connectivity index (χ0v) is 14.3. The summed E-state index contributed by atoms with van der Waals surface area (Å²) in [6.07, 6.45) is 1.53. The van der Waals surface area contributed by atoms with Crippen molar-refractivity contribution in [3.63, 3.8) is 0 Å². The van der Waals surface area contributed by atoms with Gasteiger partial charge in [0, 0.05) is 11.8 Å². The fourth-order valence-electron chi connectivity index (χ4n) is 2.47. The first-order valence-corrected chi connectivity index (χ1v) is 7.91. The van der Waals surface area contributed by atoms with E-state index in [1.165, 1.54) is 17.0 Å². The maximum atomic E-state index is 12.8. The monoisotopic (exact) mass is 337 g/mol. The molecule has 6 nitrogen and oxygen atoms in total.